The van der Waals surface area contributed by atoms with Gasteiger partial charge in [0.15, 0.2) is 0 Å². The van der Waals surface area contributed by atoms with Gasteiger partial charge in [0.1, 0.15) is 5.69 Å². The molecule has 0 aromatic carbocycles. The predicted molar refractivity (Wildman–Crippen MR) is 82.4 cm³/mol. The number of aromatic nitrogens is 3. The second-order valence-electron chi connectivity index (χ2n) is 4.58. The van der Waals surface area contributed by atoms with Crippen LogP contribution in [0.3, 0.4) is 0 Å². The number of pyridine rings is 1. The molecule has 0 saturated heterocycles. The molecule has 2 aromatic heterocycles. The van der Waals surface area contributed by atoms with E-state index < -0.39 is 0 Å². The molecule has 0 atom stereocenters. The van der Waals surface area contributed by atoms with Crippen molar-refractivity contribution in [2.75, 3.05) is 25.6 Å². The summed E-state index contributed by atoms with van der Waals surface area (Å²) in [4.78, 5) is 24.3. The van der Waals surface area contributed by atoms with Gasteiger partial charge >= 0.3 is 0 Å². The number of amides is 1. The summed E-state index contributed by atoms with van der Waals surface area (Å²) >= 11 is 0. The second-order valence-corrected chi connectivity index (χ2v) is 4.58. The number of methoxy groups -OCH3 is 1. The van der Waals surface area contributed by atoms with Gasteiger partial charge in [0, 0.05) is 45.4 Å². The Kier molecular flexibility index (Phi) is 6.25. The predicted octanol–water partition coefficient (Wildman–Crippen LogP) is 1.25. The van der Waals surface area contributed by atoms with Crippen LogP contribution in [0, 0.1) is 0 Å². The van der Waals surface area contributed by atoms with Gasteiger partial charge in [0.25, 0.3) is 5.91 Å². The number of nitrogens with one attached hydrogen (secondary N) is 2. The molecule has 0 spiro atoms. The van der Waals surface area contributed by atoms with E-state index in [9.17, 15) is 4.79 Å². The van der Waals surface area contributed by atoms with E-state index in [0.717, 1.165) is 12.0 Å². The molecule has 2 heterocycles. The Bertz CT molecular complexity index is 591. The number of carbonyl (C=O) groups excluding carboxylic acids is 1. The van der Waals surface area contributed by atoms with Gasteiger partial charge in [-0.2, -0.15) is 0 Å². The average molecular weight is 301 g/mol. The lowest BCUT2D eigenvalue weighted by Gasteiger charge is -2.07. The van der Waals surface area contributed by atoms with Crippen LogP contribution in [-0.4, -0.2) is 41.1 Å². The Morgan fingerprint density at radius 3 is 2.82 bits per heavy atom. The molecule has 0 aliphatic rings. The number of hydrogen-bond donors (Lipinski definition) is 2. The molecule has 2 N–H and O–H groups in total. The van der Waals surface area contributed by atoms with Gasteiger partial charge in [-0.25, -0.2) is 9.97 Å². The summed E-state index contributed by atoms with van der Waals surface area (Å²) in [5.74, 6) is 0.201. The zero-order valence-electron chi connectivity index (χ0n) is 12.5. The van der Waals surface area contributed by atoms with Gasteiger partial charge in [-0.3, -0.25) is 9.78 Å². The van der Waals surface area contributed by atoms with Crippen molar-refractivity contribution in [1.82, 2.24) is 20.3 Å². The third-order valence-corrected chi connectivity index (χ3v) is 2.90. The van der Waals surface area contributed by atoms with Crippen molar-refractivity contribution in [3.8, 4) is 0 Å². The van der Waals surface area contributed by atoms with Gasteiger partial charge in [-0.05, 0) is 30.2 Å². The standard InChI is InChI=1S/C15H19N5O2/c1-22-10-2-6-17-15-18-9-5-13(20-15)14(21)19-11-12-3-7-16-8-4-12/h3-5,7-9H,2,6,10-11H2,1H3,(H,19,21)(H,17,18,20). The number of hydrogen-bond acceptors (Lipinski definition) is 6. The van der Waals surface area contributed by atoms with Crippen molar-refractivity contribution in [2.24, 2.45) is 0 Å². The van der Waals surface area contributed by atoms with Crippen molar-refractivity contribution < 1.29 is 9.53 Å². The lowest BCUT2D eigenvalue weighted by molar-refractivity contribution is 0.0946. The van der Waals surface area contributed by atoms with E-state index in [2.05, 4.69) is 25.6 Å². The van der Waals surface area contributed by atoms with Gasteiger partial charge < -0.3 is 15.4 Å². The van der Waals surface area contributed by atoms with Crippen molar-refractivity contribution in [3.63, 3.8) is 0 Å². The van der Waals surface area contributed by atoms with E-state index in [4.69, 9.17) is 4.74 Å². The van der Waals surface area contributed by atoms with E-state index in [1.165, 1.54) is 0 Å². The van der Waals surface area contributed by atoms with Crippen LogP contribution in [0.5, 0.6) is 0 Å². The summed E-state index contributed by atoms with van der Waals surface area (Å²) in [6.45, 7) is 1.79. The molecule has 7 heteroatoms. The molecule has 2 rings (SSSR count). The van der Waals surface area contributed by atoms with Crippen LogP contribution in [0.4, 0.5) is 5.95 Å². The normalized spacial score (nSPS) is 10.2. The van der Waals surface area contributed by atoms with Gasteiger partial charge in [-0.1, -0.05) is 0 Å². The molecule has 0 radical (unpaired) electrons. The monoisotopic (exact) mass is 301 g/mol. The minimum absolute atomic E-state index is 0.237. The topological polar surface area (TPSA) is 89.0 Å². The summed E-state index contributed by atoms with van der Waals surface area (Å²) < 4.78 is 4.97. The highest BCUT2D eigenvalue weighted by Crippen LogP contribution is 2.02. The molecule has 116 valence electrons. The van der Waals surface area contributed by atoms with E-state index in [1.807, 2.05) is 12.1 Å². The molecule has 0 unspecified atom stereocenters. The molecular formula is C15H19N5O2. The third-order valence-electron chi connectivity index (χ3n) is 2.90. The average Bonchev–Trinajstić information content (AvgIpc) is 2.58. The summed E-state index contributed by atoms with van der Waals surface area (Å²) in [5, 5.41) is 5.87. The number of anilines is 1. The highest BCUT2D eigenvalue weighted by atomic mass is 16.5. The molecular weight excluding hydrogens is 282 g/mol. The highest BCUT2D eigenvalue weighted by Gasteiger charge is 2.08. The Labute approximate surface area is 129 Å². The van der Waals surface area contributed by atoms with E-state index in [0.29, 0.717) is 31.3 Å². The Morgan fingerprint density at radius 2 is 2.05 bits per heavy atom. The summed E-state index contributed by atoms with van der Waals surface area (Å²) in [7, 11) is 1.66. The third kappa shape index (κ3) is 5.10. The molecule has 0 bridgehead atoms. The van der Waals surface area contributed by atoms with E-state index in [-0.39, 0.29) is 5.91 Å². The molecule has 0 aliphatic carbocycles. The smallest absolute Gasteiger partial charge is 0.270 e. The van der Waals surface area contributed by atoms with Crippen LogP contribution < -0.4 is 10.6 Å². The molecule has 2 aromatic rings. The summed E-state index contributed by atoms with van der Waals surface area (Å²) in [6, 6.07) is 5.29. The minimum atomic E-state index is -0.237. The number of carbonyl (C=O) groups is 1. The fraction of sp³-hybridized carbons (Fsp3) is 0.333. The minimum Gasteiger partial charge on any atom is -0.385 e. The molecule has 22 heavy (non-hydrogen) atoms. The van der Waals surface area contributed by atoms with Crippen LogP contribution in [0.2, 0.25) is 0 Å². The fourth-order valence-electron chi connectivity index (χ4n) is 1.76. The zero-order chi connectivity index (χ0) is 15.6. The first-order chi connectivity index (χ1) is 10.8. The Balaban J connectivity index is 1.86. The maximum atomic E-state index is 12.1. The van der Waals surface area contributed by atoms with Crippen molar-refractivity contribution in [3.05, 3.63) is 48.0 Å². The maximum Gasteiger partial charge on any atom is 0.270 e. The quantitative estimate of drug-likeness (QED) is 0.713. The second kappa shape index (κ2) is 8.68. The van der Waals surface area contributed by atoms with E-state index >= 15 is 0 Å². The van der Waals surface area contributed by atoms with Crippen molar-refractivity contribution >= 4 is 11.9 Å². The van der Waals surface area contributed by atoms with Crippen LogP contribution in [0.1, 0.15) is 22.5 Å². The van der Waals surface area contributed by atoms with E-state index in [1.54, 1.807) is 31.8 Å². The molecule has 0 fully saturated rings. The van der Waals surface area contributed by atoms with Crippen LogP contribution in [0.25, 0.3) is 0 Å². The van der Waals surface area contributed by atoms with Crippen LogP contribution >= 0.6 is 0 Å². The van der Waals surface area contributed by atoms with Crippen LogP contribution in [-0.2, 0) is 11.3 Å². The first-order valence-corrected chi connectivity index (χ1v) is 7.02. The lowest BCUT2D eigenvalue weighted by atomic mass is 10.2. The first kappa shape index (κ1) is 15.8. The van der Waals surface area contributed by atoms with Crippen molar-refractivity contribution in [1.29, 1.82) is 0 Å². The summed E-state index contributed by atoms with van der Waals surface area (Å²) in [6.07, 6.45) is 5.79. The van der Waals surface area contributed by atoms with Gasteiger partial charge in [0.05, 0.1) is 0 Å². The number of rotatable bonds is 8. The zero-order valence-corrected chi connectivity index (χ0v) is 12.5. The van der Waals surface area contributed by atoms with Gasteiger partial charge in [0.2, 0.25) is 5.95 Å². The molecule has 0 aliphatic heterocycles. The SMILES string of the molecule is COCCCNc1nccc(C(=O)NCc2ccncc2)n1. The summed E-state index contributed by atoms with van der Waals surface area (Å²) in [5.41, 5.74) is 1.31. The molecule has 0 saturated carbocycles. The van der Waals surface area contributed by atoms with Gasteiger partial charge in [-0.15, -0.1) is 0 Å². The maximum absolute atomic E-state index is 12.1. The van der Waals surface area contributed by atoms with Crippen molar-refractivity contribution in [2.45, 2.75) is 13.0 Å². The number of nitrogens with zero attached hydrogens (tertiary/aromatic N) is 3. The first-order valence-electron chi connectivity index (χ1n) is 7.02. The Morgan fingerprint density at radius 1 is 1.23 bits per heavy atom. The van der Waals surface area contributed by atoms with Crippen LogP contribution in [0.15, 0.2) is 36.8 Å². The number of ether oxygens (including phenoxy) is 1. The Hall–Kier alpha value is -2.54. The largest absolute Gasteiger partial charge is 0.385 e. The molecule has 7 nitrogen and oxygen atoms in total. The molecule has 1 amide bonds. The highest BCUT2D eigenvalue weighted by molar-refractivity contribution is 5.92. The fourth-order valence-corrected chi connectivity index (χ4v) is 1.76. The lowest BCUT2D eigenvalue weighted by Crippen LogP contribution is -2.24.